The van der Waals surface area contributed by atoms with Crippen LogP contribution in [-0.2, 0) is 11.2 Å². The molecule has 0 atom stereocenters. The van der Waals surface area contributed by atoms with Crippen molar-refractivity contribution in [3.8, 4) is 0 Å². The molecule has 1 heterocycles. The van der Waals surface area contributed by atoms with Crippen LogP contribution in [-0.4, -0.2) is 18.2 Å². The molecule has 0 spiro atoms. The van der Waals surface area contributed by atoms with Crippen LogP contribution in [0, 0.1) is 3.57 Å². The van der Waals surface area contributed by atoms with E-state index < -0.39 is 6.09 Å². The predicted octanol–water partition coefficient (Wildman–Crippen LogP) is 2.43. The fourth-order valence-corrected chi connectivity index (χ4v) is 1.64. The maximum absolute atomic E-state index is 10.9. The fourth-order valence-electron chi connectivity index (χ4n) is 0.958. The van der Waals surface area contributed by atoms with Gasteiger partial charge in [0.2, 0.25) is 0 Å². The summed E-state index contributed by atoms with van der Waals surface area (Å²) in [7, 11) is 1.32. The molecule has 0 fully saturated rings. The monoisotopic (exact) mass is 306 g/mol. The van der Waals surface area contributed by atoms with Crippen LogP contribution in [0.15, 0.2) is 12.1 Å². The molecule has 0 bridgehead atoms. The number of ether oxygens (including phenoxy) is 1. The van der Waals surface area contributed by atoms with E-state index in [2.05, 4.69) is 37.6 Å². The number of aryl methyl sites for hydroxylation is 1. The van der Waals surface area contributed by atoms with Crippen LogP contribution in [0.4, 0.5) is 10.6 Å². The molecule has 0 aromatic carbocycles. The molecule has 14 heavy (non-hydrogen) atoms. The van der Waals surface area contributed by atoms with Crippen LogP contribution in [0.5, 0.6) is 0 Å². The maximum Gasteiger partial charge on any atom is 0.412 e. The third-order valence-electron chi connectivity index (χ3n) is 1.67. The summed E-state index contributed by atoms with van der Waals surface area (Å²) in [6.07, 6.45) is 0.343. The van der Waals surface area contributed by atoms with E-state index in [4.69, 9.17) is 0 Å². The molecule has 1 aromatic heterocycles. The van der Waals surface area contributed by atoms with Crippen molar-refractivity contribution in [3.63, 3.8) is 0 Å². The zero-order chi connectivity index (χ0) is 10.6. The highest BCUT2D eigenvalue weighted by Gasteiger charge is 2.04. The minimum absolute atomic E-state index is 0.499. The highest BCUT2D eigenvalue weighted by atomic mass is 127. The summed E-state index contributed by atoms with van der Waals surface area (Å²) in [5.41, 5.74) is 0.972. The second-order valence-electron chi connectivity index (χ2n) is 2.60. The zero-order valence-corrected chi connectivity index (χ0v) is 10.2. The Balaban J connectivity index is 2.84. The number of anilines is 1. The highest BCUT2D eigenvalue weighted by molar-refractivity contribution is 14.1. The van der Waals surface area contributed by atoms with Gasteiger partial charge in [-0.3, -0.25) is 5.32 Å². The first kappa shape index (κ1) is 11.2. The third-order valence-corrected chi connectivity index (χ3v) is 2.65. The summed E-state index contributed by atoms with van der Waals surface area (Å²) in [6.45, 7) is 2.02. The van der Waals surface area contributed by atoms with Crippen LogP contribution in [0.1, 0.15) is 12.6 Å². The van der Waals surface area contributed by atoms with Crippen molar-refractivity contribution in [3.05, 3.63) is 21.4 Å². The van der Waals surface area contributed by atoms with Gasteiger partial charge in [0.1, 0.15) is 5.82 Å². The summed E-state index contributed by atoms with van der Waals surface area (Å²) < 4.78 is 5.56. The second-order valence-corrected chi connectivity index (χ2v) is 3.76. The Labute approximate surface area is 96.2 Å². The number of pyridine rings is 1. The molecular weight excluding hydrogens is 295 g/mol. The number of hydrogen-bond acceptors (Lipinski definition) is 3. The molecule has 0 unspecified atom stereocenters. The van der Waals surface area contributed by atoms with Crippen LogP contribution < -0.4 is 5.32 Å². The molecule has 0 radical (unpaired) electrons. The summed E-state index contributed by atoms with van der Waals surface area (Å²) in [5, 5.41) is 2.52. The van der Waals surface area contributed by atoms with E-state index in [1.54, 1.807) is 6.07 Å². The van der Waals surface area contributed by atoms with Crippen molar-refractivity contribution in [2.75, 3.05) is 12.4 Å². The lowest BCUT2D eigenvalue weighted by Gasteiger charge is -2.05. The quantitative estimate of drug-likeness (QED) is 0.854. The number of hydrogen-bond donors (Lipinski definition) is 1. The third kappa shape index (κ3) is 2.83. The molecule has 1 N–H and O–H groups in total. The number of nitrogens with one attached hydrogen (secondary N) is 1. The lowest BCUT2D eigenvalue weighted by molar-refractivity contribution is 0.187. The Morgan fingerprint density at radius 2 is 2.36 bits per heavy atom. The number of aromatic nitrogens is 1. The van der Waals surface area contributed by atoms with E-state index >= 15 is 0 Å². The Bertz CT molecular complexity index is 342. The molecule has 1 aromatic rings. The molecule has 4 nitrogen and oxygen atoms in total. The minimum atomic E-state index is -0.499. The van der Waals surface area contributed by atoms with Gasteiger partial charge >= 0.3 is 6.09 Å². The van der Waals surface area contributed by atoms with Gasteiger partial charge in [-0.2, -0.15) is 0 Å². The number of carbonyl (C=O) groups is 1. The van der Waals surface area contributed by atoms with E-state index in [-0.39, 0.29) is 0 Å². The lowest BCUT2D eigenvalue weighted by atomic mass is 10.3. The van der Waals surface area contributed by atoms with Gasteiger partial charge in [0.05, 0.1) is 12.8 Å². The van der Waals surface area contributed by atoms with E-state index in [1.165, 1.54) is 7.11 Å². The number of halogens is 1. The second kappa shape index (κ2) is 5.14. The van der Waals surface area contributed by atoms with E-state index in [1.807, 2.05) is 13.0 Å². The van der Waals surface area contributed by atoms with Crippen molar-refractivity contribution in [1.82, 2.24) is 4.98 Å². The fraction of sp³-hybridized carbons (Fsp3) is 0.333. The lowest BCUT2D eigenvalue weighted by Crippen LogP contribution is -2.12. The summed E-state index contributed by atoms with van der Waals surface area (Å²) >= 11 is 2.21. The molecule has 5 heteroatoms. The topological polar surface area (TPSA) is 51.2 Å². The van der Waals surface area contributed by atoms with Gasteiger partial charge < -0.3 is 4.74 Å². The van der Waals surface area contributed by atoms with Gasteiger partial charge in [0, 0.05) is 3.57 Å². The first-order valence-electron chi connectivity index (χ1n) is 4.17. The molecule has 0 aliphatic heterocycles. The number of nitrogens with zero attached hydrogens (tertiary/aromatic N) is 1. The average Bonchev–Trinajstić information content (AvgIpc) is 2.20. The maximum atomic E-state index is 10.9. The van der Waals surface area contributed by atoms with Crippen LogP contribution in [0.25, 0.3) is 0 Å². The van der Waals surface area contributed by atoms with E-state index in [0.717, 1.165) is 15.7 Å². The van der Waals surface area contributed by atoms with Crippen LogP contribution in [0.2, 0.25) is 0 Å². The first-order valence-corrected chi connectivity index (χ1v) is 5.25. The average molecular weight is 306 g/mol. The molecule has 0 aliphatic carbocycles. The van der Waals surface area contributed by atoms with Gasteiger partial charge in [-0.25, -0.2) is 9.78 Å². The Hall–Kier alpha value is -0.850. The SMILES string of the molecule is CCc1nc(NC(=O)OC)ccc1I. The van der Waals surface area contributed by atoms with Crippen molar-refractivity contribution in [2.24, 2.45) is 0 Å². The smallest absolute Gasteiger partial charge is 0.412 e. The van der Waals surface area contributed by atoms with Crippen LogP contribution in [0.3, 0.4) is 0 Å². The van der Waals surface area contributed by atoms with Gasteiger partial charge in [0.15, 0.2) is 0 Å². The zero-order valence-electron chi connectivity index (χ0n) is 8.00. The number of methoxy groups -OCH3 is 1. The Kier molecular flexibility index (Phi) is 4.12. The molecule has 1 rings (SSSR count). The van der Waals surface area contributed by atoms with Crippen molar-refractivity contribution < 1.29 is 9.53 Å². The molecule has 0 saturated heterocycles. The van der Waals surface area contributed by atoms with Crippen molar-refractivity contribution in [2.45, 2.75) is 13.3 Å². The summed E-state index contributed by atoms with van der Waals surface area (Å²) in [5.74, 6) is 0.522. The normalized spacial score (nSPS) is 9.64. The number of carbonyl (C=O) groups excluding carboxylic acids is 1. The molecule has 1 amide bonds. The highest BCUT2D eigenvalue weighted by Crippen LogP contribution is 2.14. The van der Waals surface area contributed by atoms with Gasteiger partial charge in [-0.1, -0.05) is 6.92 Å². The molecule has 0 aliphatic rings. The predicted molar refractivity (Wildman–Crippen MR) is 62.4 cm³/mol. The molecular formula is C9H11IN2O2. The first-order chi connectivity index (χ1) is 6.67. The van der Waals surface area contributed by atoms with E-state index in [9.17, 15) is 4.79 Å². The minimum Gasteiger partial charge on any atom is -0.453 e. The van der Waals surface area contributed by atoms with Gasteiger partial charge in [-0.15, -0.1) is 0 Å². The standard InChI is InChI=1S/C9H11IN2O2/c1-3-7-6(10)4-5-8(11-7)12-9(13)14-2/h4-5H,3H2,1-2H3,(H,11,12,13). The molecule has 0 saturated carbocycles. The van der Waals surface area contributed by atoms with Crippen molar-refractivity contribution >= 4 is 34.5 Å². The van der Waals surface area contributed by atoms with Crippen molar-refractivity contribution in [1.29, 1.82) is 0 Å². The largest absolute Gasteiger partial charge is 0.453 e. The number of amides is 1. The van der Waals surface area contributed by atoms with Gasteiger partial charge in [0.25, 0.3) is 0 Å². The Morgan fingerprint density at radius 1 is 1.64 bits per heavy atom. The Morgan fingerprint density at radius 3 is 2.93 bits per heavy atom. The van der Waals surface area contributed by atoms with E-state index in [0.29, 0.717) is 5.82 Å². The van der Waals surface area contributed by atoms with Gasteiger partial charge in [-0.05, 0) is 41.1 Å². The number of rotatable bonds is 2. The van der Waals surface area contributed by atoms with Crippen LogP contribution >= 0.6 is 22.6 Å². The summed E-state index contributed by atoms with van der Waals surface area (Å²) in [4.78, 5) is 15.1. The summed E-state index contributed by atoms with van der Waals surface area (Å²) in [6, 6.07) is 3.66. The molecule has 76 valence electrons.